The Morgan fingerprint density at radius 2 is 1.62 bits per heavy atom. The quantitative estimate of drug-likeness (QED) is 0.578. The second-order valence-electron chi connectivity index (χ2n) is 9.59. The van der Waals surface area contributed by atoms with Gasteiger partial charge in [0.2, 0.25) is 5.91 Å². The maximum absolute atomic E-state index is 13.0. The van der Waals surface area contributed by atoms with Crippen molar-refractivity contribution in [2.75, 3.05) is 19.7 Å². The van der Waals surface area contributed by atoms with Crippen molar-refractivity contribution in [1.82, 2.24) is 10.2 Å². The number of nitrogens with one attached hydrogen (secondary N) is 1. The summed E-state index contributed by atoms with van der Waals surface area (Å²) >= 11 is 0. The molecule has 1 saturated heterocycles. The van der Waals surface area contributed by atoms with E-state index in [1.54, 1.807) is 4.90 Å². The van der Waals surface area contributed by atoms with Gasteiger partial charge in [-0.1, -0.05) is 62.4 Å². The van der Waals surface area contributed by atoms with Crippen LogP contribution in [-0.4, -0.2) is 53.7 Å². The second kappa shape index (κ2) is 10.3. The zero-order chi connectivity index (χ0) is 24.2. The van der Waals surface area contributed by atoms with E-state index in [4.69, 9.17) is 9.84 Å². The van der Waals surface area contributed by atoms with Gasteiger partial charge >= 0.3 is 12.1 Å². The summed E-state index contributed by atoms with van der Waals surface area (Å²) in [4.78, 5) is 38.1. The van der Waals surface area contributed by atoms with Crippen LogP contribution in [0.3, 0.4) is 0 Å². The molecular formula is C27H32N2O5. The van der Waals surface area contributed by atoms with Gasteiger partial charge in [0.25, 0.3) is 0 Å². The largest absolute Gasteiger partial charge is 0.481 e. The molecule has 0 spiro atoms. The fourth-order valence-corrected chi connectivity index (χ4v) is 4.95. The number of hydrogen-bond donors (Lipinski definition) is 2. The van der Waals surface area contributed by atoms with Crippen molar-refractivity contribution in [3.8, 4) is 11.1 Å². The van der Waals surface area contributed by atoms with Crippen LogP contribution >= 0.6 is 0 Å². The first-order valence-corrected chi connectivity index (χ1v) is 12.0. The van der Waals surface area contributed by atoms with Crippen molar-refractivity contribution in [2.24, 2.45) is 11.8 Å². The lowest BCUT2D eigenvalue weighted by Crippen LogP contribution is -2.58. The molecule has 0 saturated carbocycles. The van der Waals surface area contributed by atoms with Gasteiger partial charge < -0.3 is 20.1 Å². The Labute approximate surface area is 200 Å². The molecule has 2 aromatic rings. The molecule has 180 valence electrons. The third kappa shape index (κ3) is 5.08. The molecule has 0 aromatic heterocycles. The van der Waals surface area contributed by atoms with Crippen molar-refractivity contribution in [2.45, 2.75) is 45.1 Å². The molecule has 2 aliphatic rings. The van der Waals surface area contributed by atoms with Gasteiger partial charge in [0.1, 0.15) is 12.6 Å². The molecule has 0 bridgehead atoms. The zero-order valence-electron chi connectivity index (χ0n) is 19.7. The van der Waals surface area contributed by atoms with E-state index >= 15 is 0 Å². The van der Waals surface area contributed by atoms with Crippen molar-refractivity contribution < 1.29 is 24.2 Å². The number of benzene rings is 2. The first-order valence-electron chi connectivity index (χ1n) is 12.0. The van der Waals surface area contributed by atoms with E-state index in [0.29, 0.717) is 25.4 Å². The Morgan fingerprint density at radius 1 is 1.03 bits per heavy atom. The van der Waals surface area contributed by atoms with E-state index in [1.165, 1.54) is 0 Å². The van der Waals surface area contributed by atoms with Gasteiger partial charge in [-0.3, -0.25) is 9.59 Å². The van der Waals surface area contributed by atoms with Crippen LogP contribution in [0.1, 0.15) is 50.2 Å². The molecule has 2 N–H and O–H groups in total. The van der Waals surface area contributed by atoms with Crippen LogP contribution in [0.2, 0.25) is 0 Å². The lowest BCUT2D eigenvalue weighted by Gasteiger charge is -2.41. The smallest absolute Gasteiger partial charge is 0.407 e. The number of carbonyl (C=O) groups is 3. The average Bonchev–Trinajstić information content (AvgIpc) is 3.10. The highest BCUT2D eigenvalue weighted by Crippen LogP contribution is 2.44. The topological polar surface area (TPSA) is 95.9 Å². The minimum Gasteiger partial charge on any atom is -0.481 e. The van der Waals surface area contributed by atoms with Crippen molar-refractivity contribution in [1.29, 1.82) is 0 Å². The molecule has 1 aliphatic carbocycles. The molecule has 2 amide bonds. The van der Waals surface area contributed by atoms with E-state index in [1.807, 2.05) is 38.1 Å². The molecule has 34 heavy (non-hydrogen) atoms. The van der Waals surface area contributed by atoms with E-state index in [9.17, 15) is 14.4 Å². The van der Waals surface area contributed by atoms with Crippen molar-refractivity contribution >= 4 is 18.0 Å². The molecular weight excluding hydrogens is 432 g/mol. The summed E-state index contributed by atoms with van der Waals surface area (Å²) in [5.74, 6) is -0.699. The van der Waals surface area contributed by atoms with E-state index in [2.05, 4.69) is 29.6 Å². The number of rotatable bonds is 9. The first kappa shape index (κ1) is 23.8. The number of carboxylic acids is 1. The Balaban J connectivity index is 1.31. The van der Waals surface area contributed by atoms with Crippen LogP contribution in [0.5, 0.6) is 0 Å². The molecule has 4 rings (SSSR count). The predicted octanol–water partition coefficient (Wildman–Crippen LogP) is 4.26. The normalized spacial score (nSPS) is 15.9. The molecule has 1 heterocycles. The summed E-state index contributed by atoms with van der Waals surface area (Å²) in [5, 5.41) is 11.5. The number of carboxylic acid groups (broad SMARTS) is 1. The number of nitrogens with zero attached hydrogens (tertiary/aromatic N) is 1. The van der Waals surface area contributed by atoms with Crippen LogP contribution in [0, 0.1) is 11.8 Å². The van der Waals surface area contributed by atoms with Gasteiger partial charge in [-0.05, 0) is 46.9 Å². The highest BCUT2D eigenvalue weighted by atomic mass is 16.5. The van der Waals surface area contributed by atoms with Crippen molar-refractivity contribution in [3.63, 3.8) is 0 Å². The van der Waals surface area contributed by atoms with Crippen LogP contribution in [-0.2, 0) is 14.3 Å². The van der Waals surface area contributed by atoms with Gasteiger partial charge in [-0.2, -0.15) is 0 Å². The van der Waals surface area contributed by atoms with Crippen molar-refractivity contribution in [3.05, 3.63) is 59.7 Å². The van der Waals surface area contributed by atoms with Crippen LogP contribution in [0.4, 0.5) is 4.79 Å². The monoisotopic (exact) mass is 464 g/mol. The maximum atomic E-state index is 13.0. The fraction of sp³-hybridized carbons (Fsp3) is 0.444. The Hall–Kier alpha value is -3.35. The highest BCUT2D eigenvalue weighted by Gasteiger charge is 2.36. The highest BCUT2D eigenvalue weighted by molar-refractivity contribution is 5.86. The summed E-state index contributed by atoms with van der Waals surface area (Å²) in [6.45, 7) is 5.21. The molecule has 1 aliphatic heterocycles. The Kier molecular flexibility index (Phi) is 7.20. The molecule has 0 unspecified atom stereocenters. The molecule has 1 atom stereocenters. The van der Waals surface area contributed by atoms with E-state index < -0.39 is 18.1 Å². The third-order valence-corrected chi connectivity index (χ3v) is 6.82. The molecule has 2 aromatic carbocycles. The SMILES string of the molecule is CC(C)[C@H](NC(=O)OCC1c2ccccc2-c2ccccc21)C(=O)N1CC(CCCC(=O)O)C1. The molecule has 1 fully saturated rings. The summed E-state index contributed by atoms with van der Waals surface area (Å²) in [6, 6.07) is 15.7. The van der Waals surface area contributed by atoms with Gasteiger partial charge in [0, 0.05) is 25.4 Å². The lowest BCUT2D eigenvalue weighted by atomic mass is 9.91. The molecule has 0 radical (unpaired) electrons. The van der Waals surface area contributed by atoms with Gasteiger partial charge in [0.15, 0.2) is 0 Å². The van der Waals surface area contributed by atoms with Gasteiger partial charge in [-0.15, -0.1) is 0 Å². The number of hydrogen-bond acceptors (Lipinski definition) is 4. The number of ether oxygens (including phenoxy) is 1. The summed E-state index contributed by atoms with van der Waals surface area (Å²) < 4.78 is 5.62. The van der Waals surface area contributed by atoms with E-state index in [-0.39, 0.29) is 30.8 Å². The lowest BCUT2D eigenvalue weighted by molar-refractivity contribution is -0.142. The van der Waals surface area contributed by atoms with Gasteiger partial charge in [-0.25, -0.2) is 4.79 Å². The number of likely N-dealkylation sites (tertiary alicyclic amines) is 1. The van der Waals surface area contributed by atoms with Gasteiger partial charge in [0.05, 0.1) is 0 Å². The predicted molar refractivity (Wildman–Crippen MR) is 128 cm³/mol. The fourth-order valence-electron chi connectivity index (χ4n) is 4.95. The second-order valence-corrected chi connectivity index (χ2v) is 9.59. The summed E-state index contributed by atoms with van der Waals surface area (Å²) in [5.41, 5.74) is 4.61. The van der Waals surface area contributed by atoms with E-state index in [0.717, 1.165) is 28.7 Å². The number of alkyl carbamates (subject to hydrolysis) is 1. The summed E-state index contributed by atoms with van der Waals surface area (Å²) in [6.07, 6.45) is 0.977. The number of aliphatic carboxylic acids is 1. The van der Waals surface area contributed by atoms with Crippen LogP contribution in [0.15, 0.2) is 48.5 Å². The molecule has 7 heteroatoms. The number of fused-ring (bicyclic) bond motifs is 3. The van der Waals surface area contributed by atoms with Crippen LogP contribution < -0.4 is 5.32 Å². The Bertz CT molecular complexity index is 1010. The Morgan fingerprint density at radius 3 is 2.18 bits per heavy atom. The van der Waals surface area contributed by atoms with Crippen LogP contribution in [0.25, 0.3) is 11.1 Å². The minimum atomic E-state index is -0.792. The summed E-state index contributed by atoms with van der Waals surface area (Å²) in [7, 11) is 0. The zero-order valence-corrected chi connectivity index (χ0v) is 19.7. The first-order chi connectivity index (χ1) is 16.3. The maximum Gasteiger partial charge on any atom is 0.407 e. The minimum absolute atomic E-state index is 0.0340. The third-order valence-electron chi connectivity index (χ3n) is 6.82. The molecule has 7 nitrogen and oxygen atoms in total. The number of amides is 2. The average molecular weight is 465 g/mol. The standard InChI is InChI=1S/C27H32N2O5/c1-17(2)25(26(32)29-14-18(15-29)8-7-13-24(30)31)28-27(33)34-16-23-21-11-5-3-9-19(21)20-10-4-6-12-22(20)23/h3-6,9-12,17-18,23,25H,7-8,13-16H2,1-2H3,(H,28,33)(H,30,31)/t25-/m0/s1. The number of carbonyl (C=O) groups excluding carboxylic acids is 2.